The van der Waals surface area contributed by atoms with Gasteiger partial charge in [-0.05, 0) is 42.3 Å². The number of rotatable bonds is 10. The smallest absolute Gasteiger partial charge is 0.161 e. The molecule has 0 aliphatic rings. The Morgan fingerprint density at radius 3 is 2.33 bits per heavy atom. The molecule has 0 amide bonds. The van der Waals surface area contributed by atoms with Crippen molar-refractivity contribution in [2.75, 3.05) is 13.2 Å². The minimum absolute atomic E-state index is 0.249. The van der Waals surface area contributed by atoms with Gasteiger partial charge in [-0.3, -0.25) is 0 Å². The van der Waals surface area contributed by atoms with Crippen LogP contribution in [0.4, 0.5) is 0 Å². The molecule has 0 aromatic heterocycles. The molecule has 158 valence electrons. The molecule has 0 bridgehead atoms. The van der Waals surface area contributed by atoms with E-state index in [1.165, 1.54) is 0 Å². The van der Waals surface area contributed by atoms with Crippen molar-refractivity contribution in [2.45, 2.75) is 26.2 Å². The maximum Gasteiger partial charge on any atom is 0.161 e. The average molecular weight is 446 g/mol. The second kappa shape index (κ2) is 11.2. The Balaban J connectivity index is 1.61. The zero-order valence-electron chi connectivity index (χ0n) is 16.8. The highest BCUT2D eigenvalue weighted by atomic mass is 35.5. The van der Waals surface area contributed by atoms with E-state index in [1.54, 1.807) is 18.2 Å². The van der Waals surface area contributed by atoms with Gasteiger partial charge in [0.05, 0.1) is 12.7 Å². The fourth-order valence-corrected chi connectivity index (χ4v) is 3.52. The van der Waals surface area contributed by atoms with Crippen LogP contribution in [0, 0.1) is 0 Å². The molecule has 0 radical (unpaired) electrons. The molecule has 0 unspecified atom stereocenters. The Morgan fingerprint density at radius 2 is 1.63 bits per heavy atom. The van der Waals surface area contributed by atoms with Crippen LogP contribution in [0.5, 0.6) is 11.5 Å². The highest BCUT2D eigenvalue weighted by Crippen LogP contribution is 2.31. The van der Waals surface area contributed by atoms with Crippen LogP contribution in [0.25, 0.3) is 0 Å². The van der Waals surface area contributed by atoms with Crippen molar-refractivity contribution in [3.63, 3.8) is 0 Å². The van der Waals surface area contributed by atoms with Crippen LogP contribution in [-0.4, -0.2) is 18.3 Å². The summed E-state index contributed by atoms with van der Waals surface area (Å²) in [4.78, 5) is 0. The molecule has 3 rings (SSSR count). The molecule has 6 heteroatoms. The van der Waals surface area contributed by atoms with E-state index in [-0.39, 0.29) is 6.61 Å². The number of hydrogen-bond donors (Lipinski definition) is 2. The van der Waals surface area contributed by atoms with Crippen LogP contribution in [-0.2, 0) is 13.2 Å². The molecule has 3 aromatic rings. The number of benzene rings is 3. The first-order valence-corrected chi connectivity index (χ1v) is 10.6. The highest BCUT2D eigenvalue weighted by molar-refractivity contribution is 6.35. The molecule has 30 heavy (non-hydrogen) atoms. The van der Waals surface area contributed by atoms with Crippen LogP contribution in [0.2, 0.25) is 10.0 Å². The first kappa shape index (κ1) is 22.4. The summed E-state index contributed by atoms with van der Waals surface area (Å²) in [6, 6.07) is 20.8. The molecule has 0 heterocycles. The number of hydrogen-bond acceptors (Lipinski definition) is 4. The van der Waals surface area contributed by atoms with Gasteiger partial charge in [0.1, 0.15) is 6.61 Å². The lowest BCUT2D eigenvalue weighted by Crippen LogP contribution is -2.21. The highest BCUT2D eigenvalue weighted by Gasteiger charge is 2.11. The first-order valence-electron chi connectivity index (χ1n) is 9.83. The van der Waals surface area contributed by atoms with E-state index >= 15 is 0 Å². The van der Waals surface area contributed by atoms with Crippen LogP contribution in [0.15, 0.2) is 66.7 Å². The van der Waals surface area contributed by atoms with E-state index in [0.29, 0.717) is 41.2 Å². The quantitative estimate of drug-likeness (QED) is 0.414. The second-order valence-corrected chi connectivity index (χ2v) is 7.57. The van der Waals surface area contributed by atoms with Gasteiger partial charge < -0.3 is 19.9 Å². The van der Waals surface area contributed by atoms with E-state index in [1.807, 2.05) is 55.5 Å². The third-order valence-corrected chi connectivity index (χ3v) is 5.30. The number of nitrogens with one attached hydrogen (secondary N) is 1. The Kier molecular flexibility index (Phi) is 8.40. The van der Waals surface area contributed by atoms with Crippen molar-refractivity contribution >= 4 is 23.2 Å². The van der Waals surface area contributed by atoms with Gasteiger partial charge in [-0.25, -0.2) is 0 Å². The standard InChI is InChI=1S/C24H25Cl2NO3/c1-2-29-24-13-17(14-27-15-22(28)18-7-4-3-5-8-18)11-12-23(24)30-16-19-20(25)9-6-10-21(19)26/h3-13,22,27-28H,2,14-16H2,1H3/t22-/m1/s1. The van der Waals surface area contributed by atoms with Crippen molar-refractivity contribution < 1.29 is 14.6 Å². The number of aliphatic hydroxyl groups is 1. The topological polar surface area (TPSA) is 50.7 Å². The minimum atomic E-state index is -0.555. The fraction of sp³-hybridized carbons (Fsp3) is 0.250. The monoisotopic (exact) mass is 445 g/mol. The summed E-state index contributed by atoms with van der Waals surface area (Å²) in [5.41, 5.74) is 2.66. The number of aliphatic hydroxyl groups excluding tert-OH is 1. The Morgan fingerprint density at radius 1 is 0.900 bits per heavy atom. The summed E-state index contributed by atoms with van der Waals surface area (Å²) in [6.45, 7) is 3.75. The Labute approximate surface area is 187 Å². The number of halogens is 2. The van der Waals surface area contributed by atoms with Crippen LogP contribution < -0.4 is 14.8 Å². The average Bonchev–Trinajstić information content (AvgIpc) is 2.75. The molecular formula is C24H25Cl2NO3. The van der Waals surface area contributed by atoms with Gasteiger partial charge in [0.15, 0.2) is 11.5 Å². The van der Waals surface area contributed by atoms with Crippen molar-refractivity contribution in [3.8, 4) is 11.5 Å². The summed E-state index contributed by atoms with van der Waals surface area (Å²) in [5, 5.41) is 14.7. The molecule has 0 aliphatic carbocycles. The predicted molar refractivity (Wildman–Crippen MR) is 122 cm³/mol. The maximum absolute atomic E-state index is 10.3. The molecule has 0 fully saturated rings. The minimum Gasteiger partial charge on any atom is -0.490 e. The van der Waals surface area contributed by atoms with Gasteiger partial charge >= 0.3 is 0 Å². The van der Waals surface area contributed by atoms with Crippen molar-refractivity contribution in [1.82, 2.24) is 5.32 Å². The third-order valence-electron chi connectivity index (χ3n) is 4.59. The van der Waals surface area contributed by atoms with Gasteiger partial charge in [-0.2, -0.15) is 0 Å². The van der Waals surface area contributed by atoms with Crippen molar-refractivity contribution in [2.24, 2.45) is 0 Å². The normalized spacial score (nSPS) is 11.9. The van der Waals surface area contributed by atoms with Gasteiger partial charge in [0.2, 0.25) is 0 Å². The van der Waals surface area contributed by atoms with Crippen molar-refractivity contribution in [3.05, 3.63) is 93.5 Å². The summed E-state index contributed by atoms with van der Waals surface area (Å²) in [6.07, 6.45) is -0.555. The van der Waals surface area contributed by atoms with Gasteiger partial charge in [-0.1, -0.05) is 65.7 Å². The van der Waals surface area contributed by atoms with E-state index in [4.69, 9.17) is 32.7 Å². The van der Waals surface area contributed by atoms with E-state index in [0.717, 1.165) is 16.7 Å². The van der Waals surface area contributed by atoms with Crippen LogP contribution in [0.1, 0.15) is 29.7 Å². The Bertz CT molecular complexity index is 930. The summed E-state index contributed by atoms with van der Waals surface area (Å²) >= 11 is 12.4. The first-order chi connectivity index (χ1) is 14.6. The predicted octanol–water partition coefficient (Wildman–Crippen LogP) is 5.79. The molecular weight excluding hydrogens is 421 g/mol. The lowest BCUT2D eigenvalue weighted by atomic mass is 10.1. The van der Waals surface area contributed by atoms with Crippen LogP contribution in [0.3, 0.4) is 0 Å². The number of ether oxygens (including phenoxy) is 2. The zero-order valence-corrected chi connectivity index (χ0v) is 18.3. The van der Waals surface area contributed by atoms with Crippen LogP contribution >= 0.6 is 23.2 Å². The second-order valence-electron chi connectivity index (χ2n) is 6.76. The molecule has 0 saturated carbocycles. The summed E-state index contributed by atoms with van der Waals surface area (Å²) < 4.78 is 11.7. The van der Waals surface area contributed by atoms with Gasteiger partial charge in [0.25, 0.3) is 0 Å². The van der Waals surface area contributed by atoms with E-state index in [2.05, 4.69) is 5.32 Å². The maximum atomic E-state index is 10.3. The molecule has 0 spiro atoms. The Hall–Kier alpha value is -2.24. The molecule has 4 nitrogen and oxygen atoms in total. The third kappa shape index (κ3) is 6.13. The molecule has 2 N–H and O–H groups in total. The summed E-state index contributed by atoms with van der Waals surface area (Å²) in [7, 11) is 0. The SMILES string of the molecule is CCOc1cc(CNC[C@@H](O)c2ccccc2)ccc1OCc1c(Cl)cccc1Cl. The zero-order chi connectivity index (χ0) is 21.3. The lowest BCUT2D eigenvalue weighted by Gasteiger charge is -2.16. The fourth-order valence-electron chi connectivity index (χ4n) is 3.02. The van der Waals surface area contributed by atoms with E-state index in [9.17, 15) is 5.11 Å². The molecule has 0 aliphatic heterocycles. The molecule has 1 atom stereocenters. The largest absolute Gasteiger partial charge is 0.490 e. The summed E-state index contributed by atoms with van der Waals surface area (Å²) in [5.74, 6) is 1.28. The van der Waals surface area contributed by atoms with E-state index < -0.39 is 6.10 Å². The molecule has 0 saturated heterocycles. The lowest BCUT2D eigenvalue weighted by molar-refractivity contribution is 0.174. The molecule has 3 aromatic carbocycles. The van der Waals surface area contributed by atoms with Crippen molar-refractivity contribution in [1.29, 1.82) is 0 Å². The van der Waals surface area contributed by atoms with Gasteiger partial charge in [0, 0.05) is 28.7 Å². The van der Waals surface area contributed by atoms with Gasteiger partial charge in [-0.15, -0.1) is 0 Å².